The Morgan fingerprint density at radius 2 is 1.56 bits per heavy atom. The van der Waals surface area contributed by atoms with E-state index in [0.29, 0.717) is 6.54 Å². The Morgan fingerprint density at radius 3 is 2.17 bits per heavy atom. The lowest BCUT2D eigenvalue weighted by atomic mass is 10.1. The van der Waals surface area contributed by atoms with Crippen molar-refractivity contribution in [2.75, 3.05) is 6.54 Å². The third-order valence-electron chi connectivity index (χ3n) is 3.07. The Labute approximate surface area is 113 Å². The molecule has 0 aliphatic carbocycles. The Balaban J connectivity index is 2.10. The fraction of sp³-hybridized carbons (Fsp3) is 0.250. The van der Waals surface area contributed by atoms with E-state index in [1.165, 1.54) is 26.5 Å². The van der Waals surface area contributed by atoms with Crippen LogP contribution in [-0.4, -0.2) is 6.54 Å². The summed E-state index contributed by atoms with van der Waals surface area (Å²) in [6, 6.07) is 15.3. The van der Waals surface area contributed by atoms with Crippen LogP contribution in [0, 0.1) is 13.8 Å². The summed E-state index contributed by atoms with van der Waals surface area (Å²) in [4.78, 5) is 2.57. The number of rotatable bonds is 4. The van der Waals surface area contributed by atoms with Gasteiger partial charge in [0, 0.05) is 9.79 Å². The summed E-state index contributed by atoms with van der Waals surface area (Å²) in [6.07, 6.45) is 0.953. The second-order valence-corrected chi connectivity index (χ2v) is 5.68. The van der Waals surface area contributed by atoms with Gasteiger partial charge in [0.2, 0.25) is 0 Å². The van der Waals surface area contributed by atoms with Gasteiger partial charge in [0.1, 0.15) is 0 Å². The minimum Gasteiger partial charge on any atom is -0.330 e. The predicted octanol–water partition coefficient (Wildman–Crippen LogP) is 3.96. The fourth-order valence-electron chi connectivity index (χ4n) is 1.80. The summed E-state index contributed by atoms with van der Waals surface area (Å²) in [5.74, 6) is 0. The normalized spacial score (nSPS) is 10.6. The van der Waals surface area contributed by atoms with E-state index in [4.69, 9.17) is 5.73 Å². The van der Waals surface area contributed by atoms with Crippen LogP contribution in [0.4, 0.5) is 0 Å². The molecule has 2 N–H and O–H groups in total. The van der Waals surface area contributed by atoms with Gasteiger partial charge in [-0.15, -0.1) is 0 Å². The van der Waals surface area contributed by atoms with Crippen molar-refractivity contribution in [3.05, 3.63) is 59.2 Å². The van der Waals surface area contributed by atoms with Crippen LogP contribution in [-0.2, 0) is 6.42 Å². The third kappa shape index (κ3) is 3.37. The molecule has 1 nitrogen and oxygen atoms in total. The highest BCUT2D eigenvalue weighted by atomic mass is 32.2. The Morgan fingerprint density at radius 1 is 0.889 bits per heavy atom. The van der Waals surface area contributed by atoms with Crippen LogP contribution in [0.2, 0.25) is 0 Å². The number of hydrogen-bond donors (Lipinski definition) is 1. The molecule has 0 atom stereocenters. The van der Waals surface area contributed by atoms with Crippen molar-refractivity contribution in [3.8, 4) is 0 Å². The zero-order valence-electron chi connectivity index (χ0n) is 10.9. The molecular formula is C16H19NS. The first-order valence-electron chi connectivity index (χ1n) is 6.23. The molecule has 0 saturated heterocycles. The van der Waals surface area contributed by atoms with E-state index in [2.05, 4.69) is 56.3 Å². The van der Waals surface area contributed by atoms with Gasteiger partial charge in [-0.3, -0.25) is 0 Å². The van der Waals surface area contributed by atoms with E-state index in [1.807, 2.05) is 0 Å². The summed E-state index contributed by atoms with van der Waals surface area (Å²) in [7, 11) is 0. The van der Waals surface area contributed by atoms with Gasteiger partial charge in [0.05, 0.1) is 0 Å². The average molecular weight is 257 g/mol. The molecule has 0 heterocycles. The van der Waals surface area contributed by atoms with E-state index >= 15 is 0 Å². The molecule has 0 amide bonds. The SMILES string of the molecule is Cc1ccc(Sc2ccc(CCN)cc2)cc1C. The molecule has 0 radical (unpaired) electrons. The van der Waals surface area contributed by atoms with Crippen LogP contribution >= 0.6 is 11.8 Å². The molecule has 0 saturated carbocycles. The molecule has 0 aromatic heterocycles. The highest BCUT2D eigenvalue weighted by Crippen LogP contribution is 2.29. The van der Waals surface area contributed by atoms with Gasteiger partial charge >= 0.3 is 0 Å². The molecule has 2 heteroatoms. The van der Waals surface area contributed by atoms with Gasteiger partial charge < -0.3 is 5.73 Å². The second-order valence-electron chi connectivity index (χ2n) is 4.53. The molecule has 0 unspecified atom stereocenters. The molecule has 2 aromatic carbocycles. The quantitative estimate of drug-likeness (QED) is 0.897. The summed E-state index contributed by atoms with van der Waals surface area (Å²) in [5.41, 5.74) is 9.55. The minimum absolute atomic E-state index is 0.712. The van der Waals surface area contributed by atoms with Crippen molar-refractivity contribution in [1.82, 2.24) is 0 Å². The lowest BCUT2D eigenvalue weighted by Gasteiger charge is -2.06. The highest BCUT2D eigenvalue weighted by Gasteiger charge is 2.00. The molecule has 2 aromatic rings. The highest BCUT2D eigenvalue weighted by molar-refractivity contribution is 7.99. The molecule has 94 valence electrons. The maximum Gasteiger partial charge on any atom is 0.0125 e. The maximum absolute atomic E-state index is 5.55. The number of benzene rings is 2. The average Bonchev–Trinajstić information content (AvgIpc) is 2.37. The van der Waals surface area contributed by atoms with Gasteiger partial charge in [0.25, 0.3) is 0 Å². The van der Waals surface area contributed by atoms with Crippen molar-refractivity contribution < 1.29 is 0 Å². The van der Waals surface area contributed by atoms with Crippen LogP contribution in [0.15, 0.2) is 52.3 Å². The molecule has 2 rings (SSSR count). The van der Waals surface area contributed by atoms with Crippen LogP contribution < -0.4 is 5.73 Å². The molecule has 18 heavy (non-hydrogen) atoms. The number of hydrogen-bond acceptors (Lipinski definition) is 2. The van der Waals surface area contributed by atoms with E-state index in [9.17, 15) is 0 Å². The largest absolute Gasteiger partial charge is 0.330 e. The van der Waals surface area contributed by atoms with Crippen molar-refractivity contribution in [3.63, 3.8) is 0 Å². The van der Waals surface area contributed by atoms with Crippen molar-refractivity contribution in [2.24, 2.45) is 5.73 Å². The van der Waals surface area contributed by atoms with Gasteiger partial charge in [0.15, 0.2) is 0 Å². The fourth-order valence-corrected chi connectivity index (χ4v) is 2.72. The Hall–Kier alpha value is -1.25. The second kappa shape index (κ2) is 6.07. The topological polar surface area (TPSA) is 26.0 Å². The van der Waals surface area contributed by atoms with Gasteiger partial charge in [-0.25, -0.2) is 0 Å². The number of nitrogens with two attached hydrogens (primary N) is 1. The Bertz CT molecular complexity index is 517. The monoisotopic (exact) mass is 257 g/mol. The lowest BCUT2D eigenvalue weighted by molar-refractivity contribution is 0.966. The Kier molecular flexibility index (Phi) is 4.45. The van der Waals surface area contributed by atoms with E-state index < -0.39 is 0 Å². The summed E-state index contributed by atoms with van der Waals surface area (Å²) >= 11 is 1.81. The molecule has 0 aliphatic heterocycles. The van der Waals surface area contributed by atoms with E-state index in [1.54, 1.807) is 11.8 Å². The summed E-state index contributed by atoms with van der Waals surface area (Å²) in [6.45, 7) is 5.01. The molecule has 0 aliphatic rings. The first kappa shape index (κ1) is 13.2. The third-order valence-corrected chi connectivity index (χ3v) is 4.07. The molecule has 0 bridgehead atoms. The van der Waals surface area contributed by atoms with Crippen LogP contribution in [0.3, 0.4) is 0 Å². The standard InChI is InChI=1S/C16H19NS/c1-12-3-6-16(11-13(12)2)18-15-7-4-14(5-8-15)9-10-17/h3-8,11H,9-10,17H2,1-2H3. The van der Waals surface area contributed by atoms with E-state index in [0.717, 1.165) is 6.42 Å². The van der Waals surface area contributed by atoms with E-state index in [-0.39, 0.29) is 0 Å². The smallest absolute Gasteiger partial charge is 0.0125 e. The number of aryl methyl sites for hydroxylation is 2. The van der Waals surface area contributed by atoms with Crippen LogP contribution in [0.1, 0.15) is 16.7 Å². The zero-order valence-corrected chi connectivity index (χ0v) is 11.8. The van der Waals surface area contributed by atoms with Crippen LogP contribution in [0.5, 0.6) is 0 Å². The predicted molar refractivity (Wildman–Crippen MR) is 79.2 cm³/mol. The molecule has 0 fully saturated rings. The van der Waals surface area contributed by atoms with Gasteiger partial charge in [-0.1, -0.05) is 30.0 Å². The van der Waals surface area contributed by atoms with Crippen LogP contribution in [0.25, 0.3) is 0 Å². The zero-order chi connectivity index (χ0) is 13.0. The maximum atomic E-state index is 5.55. The van der Waals surface area contributed by atoms with Crippen molar-refractivity contribution >= 4 is 11.8 Å². The van der Waals surface area contributed by atoms with Gasteiger partial charge in [-0.05, 0) is 67.8 Å². The van der Waals surface area contributed by atoms with Gasteiger partial charge in [-0.2, -0.15) is 0 Å². The summed E-state index contributed by atoms with van der Waals surface area (Å²) < 4.78 is 0. The van der Waals surface area contributed by atoms with Crippen molar-refractivity contribution in [2.45, 2.75) is 30.1 Å². The first-order valence-corrected chi connectivity index (χ1v) is 7.05. The molecular weight excluding hydrogens is 238 g/mol. The minimum atomic E-state index is 0.712. The first-order chi connectivity index (χ1) is 8.69. The molecule has 0 spiro atoms. The summed E-state index contributed by atoms with van der Waals surface area (Å²) in [5, 5.41) is 0. The lowest BCUT2D eigenvalue weighted by Crippen LogP contribution is -2.02. The van der Waals surface area contributed by atoms with Crippen molar-refractivity contribution in [1.29, 1.82) is 0 Å².